The van der Waals surface area contributed by atoms with Gasteiger partial charge in [0.15, 0.2) is 0 Å². The van der Waals surface area contributed by atoms with Crippen molar-refractivity contribution >= 4 is 16.8 Å². The summed E-state index contributed by atoms with van der Waals surface area (Å²) in [6.07, 6.45) is 1.76. The molecule has 0 aliphatic rings. The number of carbonyl (C=O) groups excluding carboxylic acids is 1. The summed E-state index contributed by atoms with van der Waals surface area (Å²) in [6, 6.07) is 15.0. The first kappa shape index (κ1) is 22.7. The molecule has 1 aromatic heterocycles. The molecule has 1 amide bonds. The second-order valence-electron chi connectivity index (χ2n) is 9.07. The molecule has 164 valence electrons. The van der Waals surface area contributed by atoms with Crippen molar-refractivity contribution in [3.8, 4) is 5.69 Å². The van der Waals surface area contributed by atoms with Gasteiger partial charge in [-0.15, -0.1) is 0 Å². The standard InChI is InChI=1S/C26H33N3O2/c1-7-17-28(25(31)26(4,5)6)18(3)23-27-22-12-10-9-11-21(22)24(30)29(23)20-15-13-19(8-2)14-16-20/h9-16,18H,7-8,17H2,1-6H3. The minimum atomic E-state index is -0.520. The predicted molar refractivity (Wildman–Crippen MR) is 127 cm³/mol. The van der Waals surface area contributed by atoms with Crippen LogP contribution in [0, 0.1) is 5.41 Å². The van der Waals surface area contributed by atoms with Crippen molar-refractivity contribution in [2.45, 2.75) is 60.4 Å². The first-order valence-corrected chi connectivity index (χ1v) is 11.1. The average Bonchev–Trinajstić information content (AvgIpc) is 2.76. The van der Waals surface area contributed by atoms with Crippen LogP contribution in [0.15, 0.2) is 53.3 Å². The summed E-state index contributed by atoms with van der Waals surface area (Å²) >= 11 is 0. The molecule has 1 heterocycles. The van der Waals surface area contributed by atoms with Gasteiger partial charge in [0.1, 0.15) is 5.82 Å². The van der Waals surface area contributed by atoms with Crippen LogP contribution in [0.1, 0.15) is 65.4 Å². The molecule has 1 unspecified atom stereocenters. The van der Waals surface area contributed by atoms with Crippen molar-refractivity contribution in [3.05, 3.63) is 70.3 Å². The molecule has 5 heteroatoms. The average molecular weight is 420 g/mol. The lowest BCUT2D eigenvalue weighted by Gasteiger charge is -2.34. The van der Waals surface area contributed by atoms with Crippen molar-refractivity contribution < 1.29 is 4.79 Å². The quantitative estimate of drug-likeness (QED) is 0.545. The van der Waals surface area contributed by atoms with E-state index in [0.29, 0.717) is 23.3 Å². The van der Waals surface area contributed by atoms with Gasteiger partial charge < -0.3 is 4.90 Å². The molecule has 0 aliphatic heterocycles. The molecule has 0 fully saturated rings. The lowest BCUT2D eigenvalue weighted by atomic mass is 9.93. The summed E-state index contributed by atoms with van der Waals surface area (Å²) in [4.78, 5) is 33.6. The van der Waals surface area contributed by atoms with E-state index in [2.05, 4.69) is 13.8 Å². The minimum absolute atomic E-state index is 0.0529. The van der Waals surface area contributed by atoms with Gasteiger partial charge in [-0.2, -0.15) is 0 Å². The number of fused-ring (bicyclic) bond motifs is 1. The molecule has 3 rings (SSSR count). The molecule has 0 saturated carbocycles. The van der Waals surface area contributed by atoms with E-state index in [1.54, 1.807) is 10.6 Å². The third kappa shape index (κ3) is 4.55. The van der Waals surface area contributed by atoms with E-state index in [0.717, 1.165) is 18.5 Å². The highest BCUT2D eigenvalue weighted by atomic mass is 16.2. The minimum Gasteiger partial charge on any atom is -0.332 e. The summed E-state index contributed by atoms with van der Waals surface area (Å²) in [7, 11) is 0. The maximum atomic E-state index is 13.6. The van der Waals surface area contributed by atoms with Crippen LogP contribution < -0.4 is 5.56 Å². The van der Waals surface area contributed by atoms with Crippen LogP contribution in [0.2, 0.25) is 0 Å². The van der Waals surface area contributed by atoms with E-state index in [9.17, 15) is 9.59 Å². The Bertz CT molecular complexity index is 1120. The maximum Gasteiger partial charge on any atom is 0.266 e. The molecule has 0 saturated heterocycles. The zero-order chi connectivity index (χ0) is 22.8. The number of carbonyl (C=O) groups is 1. The molecule has 0 aliphatic carbocycles. The number of amides is 1. The fourth-order valence-corrected chi connectivity index (χ4v) is 3.84. The monoisotopic (exact) mass is 419 g/mol. The number of hydrogen-bond acceptors (Lipinski definition) is 3. The number of nitrogens with zero attached hydrogens (tertiary/aromatic N) is 3. The molecule has 1 atom stereocenters. The molecule has 3 aromatic rings. The summed E-state index contributed by atoms with van der Waals surface area (Å²) in [6.45, 7) is 12.5. The van der Waals surface area contributed by atoms with Crippen molar-refractivity contribution in [2.75, 3.05) is 6.54 Å². The third-order valence-corrected chi connectivity index (χ3v) is 5.61. The Hall–Kier alpha value is -2.95. The van der Waals surface area contributed by atoms with Gasteiger partial charge in [0.25, 0.3) is 5.56 Å². The lowest BCUT2D eigenvalue weighted by Crippen LogP contribution is -2.43. The van der Waals surface area contributed by atoms with Gasteiger partial charge in [-0.05, 0) is 49.6 Å². The Kier molecular flexibility index (Phi) is 6.63. The van der Waals surface area contributed by atoms with E-state index < -0.39 is 5.41 Å². The van der Waals surface area contributed by atoms with Gasteiger partial charge in [0.05, 0.1) is 22.6 Å². The Labute approximate surface area is 184 Å². The Morgan fingerprint density at radius 3 is 2.29 bits per heavy atom. The summed E-state index contributed by atoms with van der Waals surface area (Å²) in [5.74, 6) is 0.635. The van der Waals surface area contributed by atoms with Crippen LogP contribution in [-0.2, 0) is 11.2 Å². The van der Waals surface area contributed by atoms with Gasteiger partial charge in [-0.25, -0.2) is 4.98 Å². The lowest BCUT2D eigenvalue weighted by molar-refractivity contribution is -0.142. The van der Waals surface area contributed by atoms with Crippen LogP contribution in [-0.4, -0.2) is 26.9 Å². The summed E-state index contributed by atoms with van der Waals surface area (Å²) in [5, 5.41) is 0.571. The van der Waals surface area contributed by atoms with Gasteiger partial charge in [-0.1, -0.05) is 58.9 Å². The number of aromatic nitrogens is 2. The number of para-hydroxylation sites is 1. The molecule has 0 spiro atoms. The molecule has 5 nitrogen and oxygen atoms in total. The topological polar surface area (TPSA) is 55.2 Å². The summed E-state index contributed by atoms with van der Waals surface area (Å²) < 4.78 is 1.67. The Morgan fingerprint density at radius 2 is 1.71 bits per heavy atom. The summed E-state index contributed by atoms with van der Waals surface area (Å²) in [5.41, 5.74) is 1.98. The molecule has 31 heavy (non-hydrogen) atoms. The predicted octanol–water partition coefficient (Wildman–Crippen LogP) is 5.29. The smallest absolute Gasteiger partial charge is 0.266 e. The second kappa shape index (κ2) is 9.04. The van der Waals surface area contributed by atoms with Gasteiger partial charge in [0.2, 0.25) is 5.91 Å². The first-order chi connectivity index (χ1) is 14.7. The zero-order valence-electron chi connectivity index (χ0n) is 19.5. The number of benzene rings is 2. The van der Waals surface area contributed by atoms with E-state index in [-0.39, 0.29) is 17.5 Å². The van der Waals surface area contributed by atoms with Crippen molar-refractivity contribution in [1.82, 2.24) is 14.5 Å². The van der Waals surface area contributed by atoms with Crippen LogP contribution in [0.25, 0.3) is 16.6 Å². The van der Waals surface area contributed by atoms with Gasteiger partial charge >= 0.3 is 0 Å². The second-order valence-corrected chi connectivity index (χ2v) is 9.07. The van der Waals surface area contributed by atoms with Crippen molar-refractivity contribution in [1.29, 1.82) is 0 Å². The Balaban J connectivity index is 2.26. The number of hydrogen-bond donors (Lipinski definition) is 0. The normalized spacial score (nSPS) is 12.7. The van der Waals surface area contributed by atoms with Gasteiger partial charge in [0, 0.05) is 12.0 Å². The fraction of sp³-hybridized carbons (Fsp3) is 0.423. The zero-order valence-corrected chi connectivity index (χ0v) is 19.5. The highest BCUT2D eigenvalue weighted by Gasteiger charge is 2.32. The Morgan fingerprint density at radius 1 is 1.06 bits per heavy atom. The molecular formula is C26H33N3O2. The largest absolute Gasteiger partial charge is 0.332 e. The van der Waals surface area contributed by atoms with Crippen LogP contribution >= 0.6 is 0 Å². The highest BCUT2D eigenvalue weighted by Crippen LogP contribution is 2.28. The first-order valence-electron chi connectivity index (χ1n) is 11.1. The van der Waals surface area contributed by atoms with Crippen molar-refractivity contribution in [2.24, 2.45) is 5.41 Å². The molecule has 0 N–H and O–H groups in total. The SMILES string of the molecule is CCCN(C(=O)C(C)(C)C)C(C)c1nc2ccccc2c(=O)n1-c1ccc(CC)cc1. The van der Waals surface area contributed by atoms with E-state index in [1.165, 1.54) is 5.56 Å². The molecule has 2 aromatic carbocycles. The van der Waals surface area contributed by atoms with E-state index in [1.807, 2.05) is 75.1 Å². The van der Waals surface area contributed by atoms with Crippen LogP contribution in [0.4, 0.5) is 0 Å². The van der Waals surface area contributed by atoms with Crippen molar-refractivity contribution in [3.63, 3.8) is 0 Å². The number of aryl methyl sites for hydroxylation is 1. The highest BCUT2D eigenvalue weighted by molar-refractivity contribution is 5.82. The molecular weight excluding hydrogens is 386 g/mol. The maximum absolute atomic E-state index is 13.6. The van der Waals surface area contributed by atoms with E-state index >= 15 is 0 Å². The van der Waals surface area contributed by atoms with E-state index in [4.69, 9.17) is 4.98 Å². The van der Waals surface area contributed by atoms with Crippen LogP contribution in [0.3, 0.4) is 0 Å². The third-order valence-electron chi connectivity index (χ3n) is 5.61. The molecule has 0 radical (unpaired) electrons. The van der Waals surface area contributed by atoms with Crippen LogP contribution in [0.5, 0.6) is 0 Å². The number of rotatable bonds is 6. The van der Waals surface area contributed by atoms with Gasteiger partial charge in [-0.3, -0.25) is 14.2 Å². The fourth-order valence-electron chi connectivity index (χ4n) is 3.84. The molecule has 0 bridgehead atoms.